The lowest BCUT2D eigenvalue weighted by Gasteiger charge is -2.44. The van der Waals surface area contributed by atoms with E-state index < -0.39 is 23.7 Å². The third-order valence-electron chi connectivity index (χ3n) is 7.63. The Kier molecular flexibility index (Phi) is 8.36. The fourth-order valence-corrected chi connectivity index (χ4v) is 5.92. The van der Waals surface area contributed by atoms with Gasteiger partial charge in [-0.05, 0) is 68.5 Å². The molecule has 3 aromatic carbocycles. The average Bonchev–Trinajstić information content (AvgIpc) is 3.43. The van der Waals surface area contributed by atoms with Crippen LogP contribution in [0.2, 0.25) is 5.02 Å². The number of halogens is 1. The monoisotopic (exact) mass is 573 g/mol. The highest BCUT2D eigenvalue weighted by Gasteiger charge is 2.48. The summed E-state index contributed by atoms with van der Waals surface area (Å²) in [5.74, 6) is -0.936. The van der Waals surface area contributed by atoms with Gasteiger partial charge in [0.1, 0.15) is 5.60 Å². The molecule has 1 fully saturated rings. The third-order valence-corrected chi connectivity index (χ3v) is 7.89. The van der Waals surface area contributed by atoms with Crippen LogP contribution in [-0.2, 0) is 16.0 Å². The van der Waals surface area contributed by atoms with E-state index in [9.17, 15) is 14.4 Å². The van der Waals surface area contributed by atoms with Gasteiger partial charge in [-0.25, -0.2) is 4.79 Å². The minimum absolute atomic E-state index is 0.146. The van der Waals surface area contributed by atoms with Crippen molar-refractivity contribution >= 4 is 29.5 Å². The number of likely N-dealkylation sites (tertiary alicyclic amines) is 1. The van der Waals surface area contributed by atoms with Gasteiger partial charge >= 0.3 is 6.09 Å². The predicted octanol–water partition coefficient (Wildman–Crippen LogP) is 5.99. The van der Waals surface area contributed by atoms with Crippen LogP contribution < -0.4 is 5.32 Å². The summed E-state index contributed by atoms with van der Waals surface area (Å²) in [6.07, 6.45) is 0.880. The number of ether oxygens (including phenoxy) is 1. The summed E-state index contributed by atoms with van der Waals surface area (Å²) >= 11 is 6.24. The summed E-state index contributed by atoms with van der Waals surface area (Å²) < 4.78 is 5.61. The van der Waals surface area contributed by atoms with Gasteiger partial charge in [0.05, 0.1) is 18.0 Å². The molecule has 2 unspecified atom stereocenters. The summed E-state index contributed by atoms with van der Waals surface area (Å²) in [6.45, 7) is 6.77. The van der Waals surface area contributed by atoms with E-state index >= 15 is 0 Å². The Labute approximate surface area is 246 Å². The first kappa shape index (κ1) is 28.7. The van der Waals surface area contributed by atoms with Crippen LogP contribution in [0, 0.1) is 0 Å². The molecule has 3 atom stereocenters. The molecule has 2 heterocycles. The van der Waals surface area contributed by atoms with Crippen molar-refractivity contribution in [3.8, 4) is 0 Å². The lowest BCUT2D eigenvalue weighted by molar-refractivity contribution is -0.124. The van der Waals surface area contributed by atoms with E-state index in [1.165, 1.54) is 0 Å². The number of carbonyl (C=O) groups excluding carboxylic acids is 3. The summed E-state index contributed by atoms with van der Waals surface area (Å²) in [5.41, 5.74) is 2.54. The molecule has 1 N–H and O–H groups in total. The fourth-order valence-electron chi connectivity index (χ4n) is 5.80. The van der Waals surface area contributed by atoms with Crippen molar-refractivity contribution in [3.05, 3.63) is 106 Å². The van der Waals surface area contributed by atoms with Crippen molar-refractivity contribution in [2.45, 2.75) is 57.2 Å². The molecule has 2 aliphatic rings. The minimum atomic E-state index is -0.642. The molecular weight excluding hydrogens is 538 g/mol. The molecule has 2 aliphatic heterocycles. The van der Waals surface area contributed by atoms with Crippen LogP contribution >= 0.6 is 11.6 Å². The van der Waals surface area contributed by atoms with Crippen LogP contribution in [-0.4, -0.2) is 59.0 Å². The number of hydrogen-bond acceptors (Lipinski definition) is 4. The quantitative estimate of drug-likeness (QED) is 0.393. The Balaban J connectivity index is 1.49. The number of amides is 3. The summed E-state index contributed by atoms with van der Waals surface area (Å²) in [4.78, 5) is 44.6. The van der Waals surface area contributed by atoms with Gasteiger partial charge in [0.2, 0.25) is 5.91 Å². The first-order chi connectivity index (χ1) is 19.6. The first-order valence-electron chi connectivity index (χ1n) is 14.1. The molecule has 3 amide bonds. The highest BCUT2D eigenvalue weighted by Crippen LogP contribution is 2.45. The highest BCUT2D eigenvalue weighted by atomic mass is 35.5. The Bertz CT molecular complexity index is 1400. The normalized spacial score (nSPS) is 20.5. The number of hydrogen-bond donors (Lipinski definition) is 1. The number of fused-ring (bicyclic) bond motifs is 1. The molecule has 0 aliphatic carbocycles. The molecule has 8 heteroatoms. The van der Waals surface area contributed by atoms with Crippen LogP contribution in [0.4, 0.5) is 4.79 Å². The Hall–Kier alpha value is -3.84. The van der Waals surface area contributed by atoms with Crippen molar-refractivity contribution in [2.24, 2.45) is 0 Å². The molecule has 41 heavy (non-hydrogen) atoms. The van der Waals surface area contributed by atoms with Gasteiger partial charge in [-0.15, -0.1) is 0 Å². The van der Waals surface area contributed by atoms with E-state index in [0.717, 1.165) is 11.1 Å². The van der Waals surface area contributed by atoms with Gasteiger partial charge in [-0.1, -0.05) is 72.3 Å². The van der Waals surface area contributed by atoms with Gasteiger partial charge < -0.3 is 19.9 Å². The third kappa shape index (κ3) is 6.41. The SMILES string of the molecule is CC(C)(C)OC(=O)N1CC[C@H](N2C(=O)c3ccccc3C(C(=O)NCCc3ccccc3)C2c2ccc(Cl)cc2)C1. The molecule has 0 spiro atoms. The van der Waals surface area contributed by atoms with Crippen LogP contribution in [0.1, 0.15) is 66.2 Å². The molecular formula is C33H36ClN3O4. The number of benzene rings is 3. The molecule has 0 radical (unpaired) electrons. The molecule has 3 aromatic rings. The Morgan fingerprint density at radius 1 is 0.976 bits per heavy atom. The second-order valence-electron chi connectivity index (χ2n) is 11.7. The fraction of sp³-hybridized carbons (Fsp3) is 0.364. The first-order valence-corrected chi connectivity index (χ1v) is 14.5. The van der Waals surface area contributed by atoms with Gasteiger partial charge in [-0.2, -0.15) is 0 Å². The van der Waals surface area contributed by atoms with E-state index in [4.69, 9.17) is 16.3 Å². The van der Waals surface area contributed by atoms with E-state index in [1.807, 2.05) is 86.3 Å². The van der Waals surface area contributed by atoms with Crippen LogP contribution in [0.3, 0.4) is 0 Å². The zero-order chi connectivity index (χ0) is 29.1. The molecule has 5 rings (SSSR count). The molecule has 214 valence electrons. The molecule has 7 nitrogen and oxygen atoms in total. The molecule has 0 bridgehead atoms. The summed E-state index contributed by atoms with van der Waals surface area (Å²) in [5, 5.41) is 3.72. The average molecular weight is 574 g/mol. The van der Waals surface area contributed by atoms with Crippen molar-refractivity contribution in [3.63, 3.8) is 0 Å². The maximum atomic E-state index is 14.2. The van der Waals surface area contributed by atoms with Gasteiger partial charge in [0.15, 0.2) is 0 Å². The van der Waals surface area contributed by atoms with Crippen molar-refractivity contribution in [1.29, 1.82) is 0 Å². The zero-order valence-corrected chi connectivity index (χ0v) is 24.4. The topological polar surface area (TPSA) is 79.0 Å². The number of nitrogens with one attached hydrogen (secondary N) is 1. The number of rotatable bonds is 6. The van der Waals surface area contributed by atoms with Crippen LogP contribution in [0.25, 0.3) is 0 Å². The largest absolute Gasteiger partial charge is 0.444 e. The highest BCUT2D eigenvalue weighted by molar-refractivity contribution is 6.30. The summed E-state index contributed by atoms with van der Waals surface area (Å²) in [6, 6.07) is 23.8. The Morgan fingerprint density at radius 3 is 2.37 bits per heavy atom. The van der Waals surface area contributed by atoms with E-state index in [-0.39, 0.29) is 17.9 Å². The lowest BCUT2D eigenvalue weighted by atomic mass is 9.78. The number of nitrogens with zero attached hydrogens (tertiary/aromatic N) is 2. The number of carbonyl (C=O) groups is 3. The minimum Gasteiger partial charge on any atom is -0.444 e. The van der Waals surface area contributed by atoms with Crippen LogP contribution in [0.5, 0.6) is 0 Å². The van der Waals surface area contributed by atoms with E-state index in [1.54, 1.807) is 23.1 Å². The van der Waals surface area contributed by atoms with Crippen molar-refractivity contribution in [2.75, 3.05) is 19.6 Å². The summed E-state index contributed by atoms with van der Waals surface area (Å²) in [7, 11) is 0. The van der Waals surface area contributed by atoms with Crippen LogP contribution in [0.15, 0.2) is 78.9 Å². The molecule has 0 aromatic heterocycles. The lowest BCUT2D eigenvalue weighted by Crippen LogP contribution is -2.52. The van der Waals surface area contributed by atoms with E-state index in [0.29, 0.717) is 48.6 Å². The van der Waals surface area contributed by atoms with Gasteiger partial charge in [-0.3, -0.25) is 9.59 Å². The van der Waals surface area contributed by atoms with Gasteiger partial charge in [0, 0.05) is 30.2 Å². The van der Waals surface area contributed by atoms with Crippen molar-refractivity contribution in [1.82, 2.24) is 15.1 Å². The maximum absolute atomic E-state index is 14.2. The van der Waals surface area contributed by atoms with Crippen molar-refractivity contribution < 1.29 is 19.1 Å². The van der Waals surface area contributed by atoms with Gasteiger partial charge in [0.25, 0.3) is 5.91 Å². The second-order valence-corrected chi connectivity index (χ2v) is 12.1. The van der Waals surface area contributed by atoms with E-state index in [2.05, 4.69) is 5.32 Å². The molecule has 1 saturated heterocycles. The zero-order valence-electron chi connectivity index (χ0n) is 23.7. The standard InChI is InChI=1S/C33H36ClN3O4/c1-33(2,3)41-32(40)36-20-18-25(21-36)37-29(23-13-15-24(34)16-14-23)28(26-11-7-8-12-27(26)31(37)39)30(38)35-19-17-22-9-5-4-6-10-22/h4-16,25,28-29H,17-21H2,1-3H3,(H,35,38)/t25-,28?,29?/m0/s1. The predicted molar refractivity (Wildman–Crippen MR) is 159 cm³/mol. The second kappa shape index (κ2) is 12.0. The maximum Gasteiger partial charge on any atom is 0.410 e. The molecule has 0 saturated carbocycles. The Morgan fingerprint density at radius 2 is 1.66 bits per heavy atom. The smallest absolute Gasteiger partial charge is 0.410 e.